The fourth-order valence-electron chi connectivity index (χ4n) is 4.12. The van der Waals surface area contributed by atoms with Crippen molar-refractivity contribution >= 4 is 15.7 Å². The van der Waals surface area contributed by atoms with Gasteiger partial charge in [-0.15, -0.1) is 0 Å². The number of hydrogen-bond donors (Lipinski definition) is 0. The van der Waals surface area contributed by atoms with E-state index >= 15 is 0 Å². The van der Waals surface area contributed by atoms with Crippen LogP contribution in [-0.4, -0.2) is 53.6 Å². The molecular formula is C21H27N3O3S. The lowest BCUT2D eigenvalue weighted by Gasteiger charge is -2.25. The van der Waals surface area contributed by atoms with Gasteiger partial charge in [-0.1, -0.05) is 12.1 Å². The first-order valence-corrected chi connectivity index (χ1v) is 11.8. The van der Waals surface area contributed by atoms with Gasteiger partial charge in [-0.3, -0.25) is 9.48 Å². The Bertz CT molecular complexity index is 1000. The summed E-state index contributed by atoms with van der Waals surface area (Å²) in [5, 5.41) is 4.62. The Labute approximate surface area is 166 Å². The average molecular weight is 402 g/mol. The summed E-state index contributed by atoms with van der Waals surface area (Å²) < 4.78 is 25.8. The van der Waals surface area contributed by atoms with E-state index in [0.29, 0.717) is 12.1 Å². The molecule has 1 amide bonds. The number of hydrogen-bond acceptors (Lipinski definition) is 4. The molecule has 3 heterocycles. The largest absolute Gasteiger partial charge is 0.337 e. The van der Waals surface area contributed by atoms with Crippen LogP contribution in [0, 0.1) is 13.8 Å². The summed E-state index contributed by atoms with van der Waals surface area (Å²) in [7, 11) is -3.05. The molecule has 0 bridgehead atoms. The van der Waals surface area contributed by atoms with Gasteiger partial charge in [-0.2, -0.15) is 5.10 Å². The molecule has 2 aromatic rings. The Hall–Kier alpha value is -2.15. The number of rotatable bonds is 3. The summed E-state index contributed by atoms with van der Waals surface area (Å²) >= 11 is 0. The van der Waals surface area contributed by atoms with Crippen LogP contribution in [0.5, 0.6) is 0 Å². The van der Waals surface area contributed by atoms with E-state index < -0.39 is 9.84 Å². The Morgan fingerprint density at radius 1 is 1.07 bits per heavy atom. The maximum Gasteiger partial charge on any atom is 0.274 e. The van der Waals surface area contributed by atoms with Crippen LogP contribution in [-0.2, 0) is 9.84 Å². The van der Waals surface area contributed by atoms with Gasteiger partial charge in [0, 0.05) is 18.7 Å². The number of aryl methyl sites for hydroxylation is 2. The normalized spacial score (nSPS) is 21.8. The standard InChI is InChI=1S/C21H27N3O3S/c1-15-6-7-17(12-16(15)2)20-13-19(21(25)23-9-4-3-5-10-23)22-24(20)18-8-11-28(26,27)14-18/h6-7,12-13,18H,3-5,8-11,14H2,1-2H3/t18-/m0/s1. The molecule has 0 unspecified atom stereocenters. The molecule has 1 aromatic heterocycles. The first-order chi connectivity index (χ1) is 13.3. The van der Waals surface area contributed by atoms with Gasteiger partial charge < -0.3 is 4.90 Å². The third-order valence-corrected chi connectivity index (χ3v) is 7.71. The van der Waals surface area contributed by atoms with Gasteiger partial charge in [-0.25, -0.2) is 8.42 Å². The van der Waals surface area contributed by atoms with Crippen LogP contribution in [0.3, 0.4) is 0 Å². The van der Waals surface area contributed by atoms with E-state index in [1.165, 1.54) is 5.56 Å². The molecule has 1 aromatic carbocycles. The lowest BCUT2D eigenvalue weighted by molar-refractivity contribution is 0.0717. The van der Waals surface area contributed by atoms with Gasteiger partial charge >= 0.3 is 0 Å². The molecule has 2 fully saturated rings. The highest BCUT2D eigenvalue weighted by Gasteiger charge is 2.33. The molecule has 2 aliphatic heterocycles. The van der Waals surface area contributed by atoms with Gasteiger partial charge in [-0.05, 0) is 62.8 Å². The minimum Gasteiger partial charge on any atom is -0.337 e. The van der Waals surface area contributed by atoms with Crippen molar-refractivity contribution in [3.63, 3.8) is 0 Å². The zero-order valence-electron chi connectivity index (χ0n) is 16.5. The number of carbonyl (C=O) groups excluding carboxylic acids is 1. The monoisotopic (exact) mass is 401 g/mol. The van der Waals surface area contributed by atoms with Crippen molar-refractivity contribution in [2.24, 2.45) is 0 Å². The van der Waals surface area contributed by atoms with Gasteiger partial charge in [0.05, 0.1) is 23.2 Å². The number of sulfone groups is 1. The van der Waals surface area contributed by atoms with Crippen LogP contribution in [0.25, 0.3) is 11.3 Å². The third-order valence-electron chi connectivity index (χ3n) is 5.96. The first-order valence-electron chi connectivity index (χ1n) is 10.0. The van der Waals surface area contributed by atoms with Crippen molar-refractivity contribution < 1.29 is 13.2 Å². The zero-order chi connectivity index (χ0) is 19.9. The second kappa shape index (κ2) is 7.35. The fraction of sp³-hybridized carbons (Fsp3) is 0.524. The highest BCUT2D eigenvalue weighted by atomic mass is 32.2. The molecule has 2 aliphatic rings. The van der Waals surface area contributed by atoms with E-state index in [9.17, 15) is 13.2 Å². The van der Waals surface area contributed by atoms with Crippen molar-refractivity contribution in [3.8, 4) is 11.3 Å². The predicted molar refractivity (Wildman–Crippen MR) is 109 cm³/mol. The van der Waals surface area contributed by atoms with Crippen molar-refractivity contribution in [1.29, 1.82) is 0 Å². The Morgan fingerprint density at radius 2 is 1.82 bits per heavy atom. The summed E-state index contributed by atoms with van der Waals surface area (Å²) in [6.45, 7) is 5.65. The van der Waals surface area contributed by atoms with E-state index in [1.54, 1.807) is 4.68 Å². The summed E-state index contributed by atoms with van der Waals surface area (Å²) in [5.74, 6) is 0.216. The molecule has 0 saturated carbocycles. The molecule has 0 spiro atoms. The number of piperidine rings is 1. The maximum absolute atomic E-state index is 13.0. The Balaban J connectivity index is 1.75. The predicted octanol–water partition coefficient (Wildman–Crippen LogP) is 3.15. The Kier molecular flexibility index (Phi) is 5.04. The molecule has 2 saturated heterocycles. The second-order valence-electron chi connectivity index (χ2n) is 8.07. The van der Waals surface area contributed by atoms with Gasteiger partial charge in [0.25, 0.3) is 5.91 Å². The topological polar surface area (TPSA) is 72.3 Å². The van der Waals surface area contributed by atoms with Crippen LogP contribution in [0.1, 0.15) is 53.3 Å². The minimum absolute atomic E-state index is 0.0515. The SMILES string of the molecule is Cc1ccc(-c2cc(C(=O)N3CCCCC3)nn2[C@H]2CCS(=O)(=O)C2)cc1C. The van der Waals surface area contributed by atoms with E-state index in [2.05, 4.69) is 31.1 Å². The number of aromatic nitrogens is 2. The summed E-state index contributed by atoms with van der Waals surface area (Å²) in [6.07, 6.45) is 3.75. The molecule has 1 atom stereocenters. The molecule has 6 nitrogen and oxygen atoms in total. The molecule has 150 valence electrons. The lowest BCUT2D eigenvalue weighted by atomic mass is 10.0. The molecule has 28 heavy (non-hydrogen) atoms. The van der Waals surface area contributed by atoms with E-state index in [-0.39, 0.29) is 23.5 Å². The number of amides is 1. The molecular weight excluding hydrogens is 374 g/mol. The lowest BCUT2D eigenvalue weighted by Crippen LogP contribution is -2.35. The summed E-state index contributed by atoms with van der Waals surface area (Å²) in [6, 6.07) is 7.78. The highest BCUT2D eigenvalue weighted by Crippen LogP contribution is 2.31. The molecule has 0 radical (unpaired) electrons. The number of benzene rings is 1. The number of likely N-dealkylation sites (tertiary alicyclic amines) is 1. The molecule has 4 rings (SSSR count). The fourth-order valence-corrected chi connectivity index (χ4v) is 5.81. The number of nitrogens with zero attached hydrogens (tertiary/aromatic N) is 3. The second-order valence-corrected chi connectivity index (χ2v) is 10.3. The Morgan fingerprint density at radius 3 is 2.46 bits per heavy atom. The van der Waals surface area contributed by atoms with Crippen LogP contribution < -0.4 is 0 Å². The van der Waals surface area contributed by atoms with Gasteiger partial charge in [0.15, 0.2) is 15.5 Å². The number of carbonyl (C=O) groups is 1. The van der Waals surface area contributed by atoms with Gasteiger partial charge in [0.2, 0.25) is 0 Å². The van der Waals surface area contributed by atoms with E-state index in [1.807, 2.05) is 17.0 Å². The average Bonchev–Trinajstić information content (AvgIpc) is 3.27. The van der Waals surface area contributed by atoms with Crippen LogP contribution in [0.4, 0.5) is 0 Å². The quantitative estimate of drug-likeness (QED) is 0.792. The summed E-state index contributed by atoms with van der Waals surface area (Å²) in [5.41, 5.74) is 4.57. The molecule has 0 aliphatic carbocycles. The third kappa shape index (κ3) is 3.72. The smallest absolute Gasteiger partial charge is 0.274 e. The maximum atomic E-state index is 13.0. The van der Waals surface area contributed by atoms with Crippen molar-refractivity contribution in [2.45, 2.75) is 45.6 Å². The van der Waals surface area contributed by atoms with Crippen LogP contribution >= 0.6 is 0 Å². The molecule has 0 N–H and O–H groups in total. The van der Waals surface area contributed by atoms with Gasteiger partial charge in [0.1, 0.15) is 0 Å². The van der Waals surface area contributed by atoms with Crippen molar-refractivity contribution in [1.82, 2.24) is 14.7 Å². The van der Waals surface area contributed by atoms with Crippen LogP contribution in [0.15, 0.2) is 24.3 Å². The first kappa shape index (κ1) is 19.2. The van der Waals surface area contributed by atoms with Crippen molar-refractivity contribution in [2.75, 3.05) is 24.6 Å². The molecule has 7 heteroatoms. The van der Waals surface area contributed by atoms with Crippen molar-refractivity contribution in [3.05, 3.63) is 41.1 Å². The van der Waals surface area contributed by atoms with E-state index in [0.717, 1.165) is 49.2 Å². The summed E-state index contributed by atoms with van der Waals surface area (Å²) in [4.78, 5) is 14.9. The van der Waals surface area contributed by atoms with Crippen LogP contribution in [0.2, 0.25) is 0 Å². The zero-order valence-corrected chi connectivity index (χ0v) is 17.3. The minimum atomic E-state index is -3.05. The van der Waals surface area contributed by atoms with E-state index in [4.69, 9.17) is 0 Å². The highest BCUT2D eigenvalue weighted by molar-refractivity contribution is 7.91.